The number of aromatic nitrogens is 1. The molecule has 1 unspecified atom stereocenters. The van der Waals surface area contributed by atoms with Crippen LogP contribution >= 0.6 is 11.3 Å². The molecule has 0 bridgehead atoms. The number of nitrogens with one attached hydrogen (secondary N) is 2. The summed E-state index contributed by atoms with van der Waals surface area (Å²) >= 11 is 1.73. The van der Waals surface area contributed by atoms with E-state index in [-0.39, 0.29) is 17.5 Å². The Kier molecular flexibility index (Phi) is 5.48. The molecule has 1 aliphatic heterocycles. The van der Waals surface area contributed by atoms with Crippen LogP contribution in [-0.2, 0) is 0 Å². The molecule has 2 N–H and O–H groups in total. The third kappa shape index (κ3) is 4.13. The summed E-state index contributed by atoms with van der Waals surface area (Å²) in [7, 11) is 0. The SMILES string of the molecule is CC1CCN(C(CNC(=O)c2ccc(=O)[nH]c2)c2cccs2)CC1. The normalized spacial score (nSPS) is 17.5. The number of carbonyl (C=O) groups excluding carboxylic acids is 1. The zero-order chi connectivity index (χ0) is 16.9. The highest BCUT2D eigenvalue weighted by Crippen LogP contribution is 2.29. The van der Waals surface area contributed by atoms with Gasteiger partial charge in [0.05, 0.1) is 11.6 Å². The lowest BCUT2D eigenvalue weighted by molar-refractivity contribution is 0.0914. The van der Waals surface area contributed by atoms with Gasteiger partial charge in [-0.1, -0.05) is 13.0 Å². The largest absolute Gasteiger partial charge is 0.350 e. The molecule has 0 aromatic carbocycles. The molecule has 128 valence electrons. The van der Waals surface area contributed by atoms with Gasteiger partial charge in [-0.25, -0.2) is 0 Å². The smallest absolute Gasteiger partial charge is 0.252 e. The van der Waals surface area contributed by atoms with Crippen LogP contribution in [0.2, 0.25) is 0 Å². The van der Waals surface area contributed by atoms with Crippen LogP contribution in [0.15, 0.2) is 40.6 Å². The lowest BCUT2D eigenvalue weighted by Gasteiger charge is -2.36. The fourth-order valence-electron chi connectivity index (χ4n) is 3.07. The Hall–Kier alpha value is -1.92. The van der Waals surface area contributed by atoms with E-state index in [0.29, 0.717) is 12.1 Å². The molecule has 5 nitrogen and oxygen atoms in total. The Morgan fingerprint density at radius 3 is 2.79 bits per heavy atom. The maximum atomic E-state index is 12.3. The molecular formula is C18H23N3O2S. The van der Waals surface area contributed by atoms with Gasteiger partial charge in [-0.3, -0.25) is 14.5 Å². The Morgan fingerprint density at radius 1 is 1.38 bits per heavy atom. The van der Waals surface area contributed by atoms with Crippen molar-refractivity contribution in [1.82, 2.24) is 15.2 Å². The van der Waals surface area contributed by atoms with Crippen LogP contribution in [0.25, 0.3) is 0 Å². The minimum atomic E-state index is -0.203. The average Bonchev–Trinajstić information content (AvgIpc) is 3.11. The van der Waals surface area contributed by atoms with E-state index in [9.17, 15) is 9.59 Å². The van der Waals surface area contributed by atoms with Crippen molar-refractivity contribution in [2.75, 3.05) is 19.6 Å². The quantitative estimate of drug-likeness (QED) is 0.875. The number of hydrogen-bond donors (Lipinski definition) is 2. The highest BCUT2D eigenvalue weighted by atomic mass is 32.1. The first-order valence-electron chi connectivity index (χ1n) is 8.38. The van der Waals surface area contributed by atoms with Crippen molar-refractivity contribution in [3.05, 3.63) is 56.6 Å². The molecular weight excluding hydrogens is 322 g/mol. The number of rotatable bonds is 5. The highest BCUT2D eigenvalue weighted by Gasteiger charge is 2.25. The number of likely N-dealkylation sites (tertiary alicyclic amines) is 1. The number of H-pyrrole nitrogens is 1. The first-order chi connectivity index (χ1) is 11.6. The Labute approximate surface area is 145 Å². The van der Waals surface area contributed by atoms with Gasteiger partial charge in [-0.15, -0.1) is 11.3 Å². The Balaban J connectivity index is 1.67. The van der Waals surface area contributed by atoms with E-state index >= 15 is 0 Å². The minimum absolute atomic E-state index is 0.154. The summed E-state index contributed by atoms with van der Waals surface area (Å²) in [4.78, 5) is 29.7. The maximum absolute atomic E-state index is 12.3. The van der Waals surface area contributed by atoms with Crippen molar-refractivity contribution >= 4 is 17.2 Å². The van der Waals surface area contributed by atoms with E-state index in [0.717, 1.165) is 19.0 Å². The molecule has 3 rings (SSSR count). The van der Waals surface area contributed by atoms with Crippen LogP contribution in [0.1, 0.15) is 41.0 Å². The van der Waals surface area contributed by atoms with E-state index in [2.05, 4.69) is 39.6 Å². The molecule has 0 aliphatic carbocycles. The molecule has 1 saturated heterocycles. The van der Waals surface area contributed by atoms with Crippen LogP contribution in [0.3, 0.4) is 0 Å². The van der Waals surface area contributed by atoms with Gasteiger partial charge in [0.25, 0.3) is 5.91 Å². The van der Waals surface area contributed by atoms with Gasteiger partial charge in [0.1, 0.15) is 0 Å². The molecule has 2 aromatic heterocycles. The van der Waals surface area contributed by atoms with Crippen molar-refractivity contribution in [1.29, 1.82) is 0 Å². The van der Waals surface area contributed by atoms with Crippen molar-refractivity contribution in [3.63, 3.8) is 0 Å². The number of pyridine rings is 1. The number of amides is 1. The van der Waals surface area contributed by atoms with Gasteiger partial charge in [0.2, 0.25) is 5.56 Å². The molecule has 1 fully saturated rings. The number of thiophene rings is 1. The van der Waals surface area contributed by atoms with Crippen LogP contribution < -0.4 is 10.9 Å². The minimum Gasteiger partial charge on any atom is -0.350 e. The van der Waals surface area contributed by atoms with Crippen LogP contribution in [0.5, 0.6) is 0 Å². The van der Waals surface area contributed by atoms with E-state index in [1.807, 2.05) is 0 Å². The molecule has 0 spiro atoms. The molecule has 0 saturated carbocycles. The average molecular weight is 345 g/mol. The standard InChI is InChI=1S/C18H23N3O2S/c1-13-6-8-21(9-7-13)15(16-3-2-10-24-16)12-20-18(23)14-4-5-17(22)19-11-14/h2-5,10-11,13,15H,6-9,12H2,1H3,(H,19,22)(H,20,23). The van der Waals surface area contributed by atoms with Gasteiger partial charge in [0.15, 0.2) is 0 Å². The van der Waals surface area contributed by atoms with Crippen molar-refractivity contribution in [2.45, 2.75) is 25.8 Å². The van der Waals surface area contributed by atoms with Crippen LogP contribution in [-0.4, -0.2) is 35.4 Å². The molecule has 2 aromatic rings. The molecule has 0 radical (unpaired) electrons. The van der Waals surface area contributed by atoms with Gasteiger partial charge in [-0.05, 0) is 49.4 Å². The number of aromatic amines is 1. The van der Waals surface area contributed by atoms with Crippen molar-refractivity contribution in [2.24, 2.45) is 5.92 Å². The predicted octanol–water partition coefficient (Wildman–Crippen LogP) is 2.64. The van der Waals surface area contributed by atoms with Gasteiger partial charge in [-0.2, -0.15) is 0 Å². The van der Waals surface area contributed by atoms with E-state index < -0.39 is 0 Å². The van der Waals surface area contributed by atoms with Gasteiger partial charge in [0, 0.05) is 23.7 Å². The molecule has 3 heterocycles. The summed E-state index contributed by atoms with van der Waals surface area (Å²) < 4.78 is 0. The zero-order valence-corrected chi connectivity index (χ0v) is 14.6. The van der Waals surface area contributed by atoms with E-state index in [1.54, 1.807) is 17.4 Å². The molecule has 24 heavy (non-hydrogen) atoms. The first-order valence-corrected chi connectivity index (χ1v) is 9.26. The van der Waals surface area contributed by atoms with Crippen LogP contribution in [0.4, 0.5) is 0 Å². The molecule has 1 atom stereocenters. The van der Waals surface area contributed by atoms with Crippen molar-refractivity contribution in [3.8, 4) is 0 Å². The monoisotopic (exact) mass is 345 g/mol. The zero-order valence-electron chi connectivity index (χ0n) is 13.8. The summed E-state index contributed by atoms with van der Waals surface area (Å²) in [5, 5.41) is 5.10. The summed E-state index contributed by atoms with van der Waals surface area (Å²) in [6.07, 6.45) is 3.87. The Bertz CT molecular complexity index is 698. The van der Waals surface area contributed by atoms with Gasteiger partial charge >= 0.3 is 0 Å². The van der Waals surface area contributed by atoms with E-state index in [4.69, 9.17) is 0 Å². The molecule has 1 amide bonds. The summed E-state index contributed by atoms with van der Waals surface area (Å²) in [6, 6.07) is 7.33. The summed E-state index contributed by atoms with van der Waals surface area (Å²) in [5.41, 5.74) is 0.275. The number of nitrogens with zero attached hydrogens (tertiary/aromatic N) is 1. The third-order valence-electron chi connectivity index (χ3n) is 4.63. The summed E-state index contributed by atoms with van der Waals surface area (Å²) in [6.45, 7) is 5.01. The highest BCUT2D eigenvalue weighted by molar-refractivity contribution is 7.10. The first kappa shape index (κ1) is 16.9. The fraction of sp³-hybridized carbons (Fsp3) is 0.444. The van der Waals surface area contributed by atoms with Crippen LogP contribution in [0, 0.1) is 5.92 Å². The number of piperidine rings is 1. The maximum Gasteiger partial charge on any atom is 0.252 e. The fourth-order valence-corrected chi connectivity index (χ4v) is 3.93. The lowest BCUT2D eigenvalue weighted by atomic mass is 9.97. The third-order valence-corrected chi connectivity index (χ3v) is 5.61. The second kappa shape index (κ2) is 7.77. The topological polar surface area (TPSA) is 65.2 Å². The second-order valence-electron chi connectivity index (χ2n) is 6.40. The lowest BCUT2D eigenvalue weighted by Crippen LogP contribution is -2.41. The van der Waals surface area contributed by atoms with E-state index in [1.165, 1.54) is 30.0 Å². The van der Waals surface area contributed by atoms with Crippen molar-refractivity contribution < 1.29 is 4.79 Å². The molecule has 1 aliphatic rings. The predicted molar refractivity (Wildman–Crippen MR) is 96.4 cm³/mol. The second-order valence-corrected chi connectivity index (χ2v) is 7.38. The summed E-state index contributed by atoms with van der Waals surface area (Å²) in [5.74, 6) is 0.624. The number of carbonyl (C=O) groups is 1. The molecule has 6 heteroatoms. The Morgan fingerprint density at radius 2 is 2.17 bits per heavy atom. The number of hydrogen-bond acceptors (Lipinski definition) is 4. The van der Waals surface area contributed by atoms with Gasteiger partial charge < -0.3 is 10.3 Å².